The lowest BCUT2D eigenvalue weighted by atomic mass is 10.1. The average molecular weight is 378 g/mol. The summed E-state index contributed by atoms with van der Waals surface area (Å²) in [6.45, 7) is 1.56. The highest BCUT2D eigenvalue weighted by atomic mass is 35.5. The third kappa shape index (κ3) is 2.86. The fourth-order valence-corrected chi connectivity index (χ4v) is 3.04. The standard InChI is InChI=1S/C15H12Cl2F3N3O/c1-13(8-14(13,16)17)12(24)22-10-7-9(15(18,19)20)3-4-11(10)23-6-2-5-21-23/h2-7H,8H2,1H3,(H,22,24). The summed E-state index contributed by atoms with van der Waals surface area (Å²) < 4.78 is 39.1. The van der Waals surface area contributed by atoms with Gasteiger partial charge in [-0.1, -0.05) is 0 Å². The van der Waals surface area contributed by atoms with Gasteiger partial charge in [0, 0.05) is 12.4 Å². The molecule has 1 unspecified atom stereocenters. The molecule has 128 valence electrons. The Labute approximate surface area is 145 Å². The molecule has 0 bridgehead atoms. The van der Waals surface area contributed by atoms with Crippen molar-refractivity contribution in [3.63, 3.8) is 0 Å². The predicted molar refractivity (Wildman–Crippen MR) is 84.4 cm³/mol. The molecule has 1 amide bonds. The van der Waals surface area contributed by atoms with E-state index in [2.05, 4.69) is 10.4 Å². The van der Waals surface area contributed by atoms with Crippen molar-refractivity contribution >= 4 is 34.8 Å². The first kappa shape index (κ1) is 17.1. The zero-order chi connectivity index (χ0) is 17.8. The van der Waals surface area contributed by atoms with E-state index in [1.807, 2.05) is 0 Å². The number of amides is 1. The third-order valence-corrected chi connectivity index (χ3v) is 5.18. The van der Waals surface area contributed by atoms with Crippen molar-refractivity contribution in [2.75, 3.05) is 5.32 Å². The first-order valence-electron chi connectivity index (χ1n) is 6.95. The first-order chi connectivity index (χ1) is 11.0. The molecule has 0 aliphatic heterocycles. The maximum Gasteiger partial charge on any atom is 0.416 e. The molecule has 1 heterocycles. The minimum atomic E-state index is -4.53. The minimum Gasteiger partial charge on any atom is -0.324 e. The lowest BCUT2D eigenvalue weighted by Gasteiger charge is -2.17. The smallest absolute Gasteiger partial charge is 0.324 e. The van der Waals surface area contributed by atoms with E-state index in [0.29, 0.717) is 5.69 Å². The molecule has 4 nitrogen and oxygen atoms in total. The van der Waals surface area contributed by atoms with Crippen LogP contribution in [0.2, 0.25) is 0 Å². The molecule has 1 aromatic heterocycles. The largest absolute Gasteiger partial charge is 0.416 e. The van der Waals surface area contributed by atoms with Gasteiger partial charge < -0.3 is 5.32 Å². The summed E-state index contributed by atoms with van der Waals surface area (Å²) in [7, 11) is 0. The highest BCUT2D eigenvalue weighted by Gasteiger charge is 2.68. The van der Waals surface area contributed by atoms with Crippen LogP contribution < -0.4 is 5.32 Å². The second-order valence-corrected chi connectivity index (χ2v) is 7.33. The number of carbonyl (C=O) groups is 1. The van der Waals surface area contributed by atoms with Crippen molar-refractivity contribution < 1.29 is 18.0 Å². The molecule has 1 aromatic carbocycles. The van der Waals surface area contributed by atoms with Crippen molar-refractivity contribution in [1.82, 2.24) is 9.78 Å². The number of hydrogen-bond acceptors (Lipinski definition) is 2. The maximum absolute atomic E-state index is 13.0. The Balaban J connectivity index is 1.99. The number of nitrogens with one attached hydrogen (secondary N) is 1. The van der Waals surface area contributed by atoms with E-state index in [-0.39, 0.29) is 12.1 Å². The molecule has 1 atom stereocenters. The summed E-state index contributed by atoms with van der Waals surface area (Å²) in [5, 5.41) is 6.49. The lowest BCUT2D eigenvalue weighted by molar-refractivity contribution is -0.137. The second kappa shape index (κ2) is 5.39. The van der Waals surface area contributed by atoms with E-state index in [0.717, 1.165) is 12.1 Å². The summed E-state index contributed by atoms with van der Waals surface area (Å²) >= 11 is 11.9. The maximum atomic E-state index is 13.0. The van der Waals surface area contributed by atoms with Gasteiger partial charge in [-0.05, 0) is 37.6 Å². The Kier molecular flexibility index (Phi) is 3.84. The van der Waals surface area contributed by atoms with Crippen LogP contribution in [0.4, 0.5) is 18.9 Å². The Morgan fingerprint density at radius 1 is 1.38 bits per heavy atom. The molecule has 1 N–H and O–H groups in total. The number of alkyl halides is 5. The van der Waals surface area contributed by atoms with E-state index in [4.69, 9.17) is 23.2 Å². The molecule has 0 saturated heterocycles. The van der Waals surface area contributed by atoms with E-state index in [1.165, 1.54) is 16.9 Å². The summed E-state index contributed by atoms with van der Waals surface area (Å²) in [6, 6.07) is 4.66. The molecule has 24 heavy (non-hydrogen) atoms. The number of anilines is 1. The van der Waals surface area contributed by atoms with Gasteiger partial charge in [0.2, 0.25) is 5.91 Å². The normalized spacial score (nSPS) is 22.2. The number of hydrogen-bond donors (Lipinski definition) is 1. The molecule has 0 spiro atoms. The zero-order valence-corrected chi connectivity index (χ0v) is 13.9. The van der Waals surface area contributed by atoms with Gasteiger partial charge in [0.1, 0.15) is 4.33 Å². The van der Waals surface area contributed by atoms with Crippen LogP contribution >= 0.6 is 23.2 Å². The first-order valence-corrected chi connectivity index (χ1v) is 7.71. The number of nitrogens with zero attached hydrogens (tertiary/aromatic N) is 2. The van der Waals surface area contributed by atoms with Crippen molar-refractivity contribution in [2.24, 2.45) is 5.41 Å². The van der Waals surface area contributed by atoms with Gasteiger partial charge in [-0.15, -0.1) is 23.2 Å². The topological polar surface area (TPSA) is 46.9 Å². The van der Waals surface area contributed by atoms with Gasteiger partial charge in [0.25, 0.3) is 0 Å². The van der Waals surface area contributed by atoms with Gasteiger partial charge >= 0.3 is 6.18 Å². The van der Waals surface area contributed by atoms with Crippen molar-refractivity contribution in [2.45, 2.75) is 23.9 Å². The highest BCUT2D eigenvalue weighted by Crippen LogP contribution is 2.64. The summed E-state index contributed by atoms with van der Waals surface area (Å²) in [5.74, 6) is -0.541. The molecule has 1 aliphatic rings. The van der Waals surface area contributed by atoms with Crippen LogP contribution in [0, 0.1) is 5.41 Å². The number of carbonyl (C=O) groups excluding carboxylic acids is 1. The average Bonchev–Trinajstić information content (AvgIpc) is 2.86. The van der Waals surface area contributed by atoms with Crippen LogP contribution in [0.3, 0.4) is 0 Å². The Morgan fingerprint density at radius 2 is 2.04 bits per heavy atom. The monoisotopic (exact) mass is 377 g/mol. The van der Waals surface area contributed by atoms with Crippen molar-refractivity contribution in [3.05, 3.63) is 42.2 Å². The van der Waals surface area contributed by atoms with Gasteiger partial charge in [-0.2, -0.15) is 18.3 Å². The Hall–Kier alpha value is -1.73. The van der Waals surface area contributed by atoms with E-state index in [9.17, 15) is 18.0 Å². The molecule has 2 aromatic rings. The van der Waals surface area contributed by atoms with Crippen molar-refractivity contribution in [1.29, 1.82) is 0 Å². The molecule has 3 rings (SSSR count). The fourth-order valence-electron chi connectivity index (χ4n) is 2.33. The molecule has 9 heteroatoms. The van der Waals surface area contributed by atoms with Gasteiger partial charge in [-0.25, -0.2) is 4.68 Å². The van der Waals surface area contributed by atoms with Gasteiger partial charge in [0.15, 0.2) is 0 Å². The summed E-state index contributed by atoms with van der Waals surface area (Å²) in [5.41, 5.74) is -1.64. The molecule has 1 fully saturated rings. The lowest BCUT2D eigenvalue weighted by Crippen LogP contribution is -2.26. The highest BCUT2D eigenvalue weighted by molar-refractivity contribution is 6.53. The van der Waals surface area contributed by atoms with E-state index < -0.39 is 27.4 Å². The van der Waals surface area contributed by atoms with Gasteiger partial charge in [0.05, 0.1) is 22.4 Å². The van der Waals surface area contributed by atoms with E-state index in [1.54, 1.807) is 19.2 Å². The summed E-state index contributed by atoms with van der Waals surface area (Å²) in [4.78, 5) is 12.4. The minimum absolute atomic E-state index is 0.0178. The van der Waals surface area contributed by atoms with Crippen molar-refractivity contribution in [3.8, 4) is 5.69 Å². The molecule has 1 aliphatic carbocycles. The molecule has 0 radical (unpaired) electrons. The molecule has 1 saturated carbocycles. The third-order valence-electron chi connectivity index (χ3n) is 4.08. The summed E-state index contributed by atoms with van der Waals surface area (Å²) in [6.07, 6.45) is -1.27. The van der Waals surface area contributed by atoms with Crippen LogP contribution in [0.5, 0.6) is 0 Å². The Bertz CT molecular complexity index is 790. The zero-order valence-electron chi connectivity index (χ0n) is 12.4. The van der Waals surface area contributed by atoms with Crippen LogP contribution in [0.1, 0.15) is 18.9 Å². The van der Waals surface area contributed by atoms with Gasteiger partial charge in [-0.3, -0.25) is 4.79 Å². The van der Waals surface area contributed by atoms with Crippen LogP contribution in [0.25, 0.3) is 5.69 Å². The quantitative estimate of drug-likeness (QED) is 0.805. The van der Waals surface area contributed by atoms with E-state index >= 15 is 0 Å². The Morgan fingerprint density at radius 3 is 2.54 bits per heavy atom. The number of aromatic nitrogens is 2. The molecular weight excluding hydrogens is 366 g/mol. The predicted octanol–water partition coefficient (Wildman–Crippen LogP) is 4.41. The van der Waals surface area contributed by atoms with Crippen LogP contribution in [0.15, 0.2) is 36.7 Å². The fraction of sp³-hybridized carbons (Fsp3) is 0.333. The molecular formula is C15H12Cl2F3N3O. The van der Waals surface area contributed by atoms with Crippen LogP contribution in [-0.2, 0) is 11.0 Å². The number of halogens is 5. The van der Waals surface area contributed by atoms with Crippen LogP contribution in [-0.4, -0.2) is 20.0 Å². The SMILES string of the molecule is CC1(C(=O)Nc2cc(C(F)(F)F)ccc2-n2cccn2)CC1(Cl)Cl. The second-order valence-electron chi connectivity index (χ2n) is 5.85. The number of rotatable bonds is 3. The number of benzene rings is 1.